The molecule has 2 aromatic rings. The van der Waals surface area contributed by atoms with Crippen LogP contribution in [0.1, 0.15) is 23.9 Å². The topological polar surface area (TPSA) is 63.6 Å². The van der Waals surface area contributed by atoms with Crippen molar-refractivity contribution in [2.24, 2.45) is 5.92 Å². The van der Waals surface area contributed by atoms with E-state index < -0.39 is 0 Å². The Morgan fingerprint density at radius 1 is 1.05 bits per heavy atom. The van der Waals surface area contributed by atoms with Crippen molar-refractivity contribution in [1.29, 1.82) is 0 Å². The largest absolute Gasteiger partial charge is 0.319 e. The van der Waals surface area contributed by atoms with E-state index in [0.29, 0.717) is 17.6 Å². The second kappa shape index (κ2) is 6.52. The Kier molecular flexibility index (Phi) is 4.74. The predicted molar refractivity (Wildman–Crippen MR) is 79.3 cm³/mol. The van der Waals surface area contributed by atoms with Crippen LogP contribution in [0.15, 0.2) is 18.5 Å². The molecule has 0 spiro atoms. The molecule has 0 bridgehead atoms. The van der Waals surface area contributed by atoms with E-state index in [1.807, 2.05) is 20.9 Å². The highest BCUT2D eigenvalue weighted by Gasteiger charge is 2.13. The van der Waals surface area contributed by atoms with Gasteiger partial charge in [0.05, 0.1) is 0 Å². The molecule has 2 aromatic heterocycles. The number of aryl methyl sites for hydroxylation is 2. The quantitative estimate of drug-likeness (QED) is 0.900. The van der Waals surface area contributed by atoms with Gasteiger partial charge in [0.15, 0.2) is 11.6 Å². The lowest BCUT2D eigenvalue weighted by molar-refractivity contribution is 0.537. The Morgan fingerprint density at radius 2 is 1.65 bits per heavy atom. The van der Waals surface area contributed by atoms with Gasteiger partial charge in [0.1, 0.15) is 0 Å². The molecule has 0 aliphatic heterocycles. The fraction of sp³-hybridized carbons (Fsp3) is 0.467. The number of nitrogens with zero attached hydrogens (tertiary/aromatic N) is 4. The molecule has 2 rings (SSSR count). The summed E-state index contributed by atoms with van der Waals surface area (Å²) in [5, 5.41) is 3.20. The Morgan fingerprint density at radius 3 is 2.20 bits per heavy atom. The summed E-state index contributed by atoms with van der Waals surface area (Å²) in [4.78, 5) is 17.5. The molecule has 1 unspecified atom stereocenters. The van der Waals surface area contributed by atoms with Crippen molar-refractivity contribution in [3.05, 3.63) is 35.4 Å². The van der Waals surface area contributed by atoms with Gasteiger partial charge in [0.25, 0.3) is 0 Å². The summed E-state index contributed by atoms with van der Waals surface area (Å²) in [7, 11) is 1.97. The minimum Gasteiger partial charge on any atom is -0.319 e. The van der Waals surface area contributed by atoms with Gasteiger partial charge in [-0.25, -0.2) is 19.9 Å². The smallest absolute Gasteiger partial charge is 0.198 e. The van der Waals surface area contributed by atoms with Crippen LogP contribution in [0.25, 0.3) is 11.6 Å². The fourth-order valence-corrected chi connectivity index (χ4v) is 2.32. The Balaban J connectivity index is 2.30. The molecule has 0 fully saturated rings. The number of hydrogen-bond acceptors (Lipinski definition) is 5. The Bertz CT molecular complexity index is 545. The Hall–Kier alpha value is -1.88. The van der Waals surface area contributed by atoms with Crippen molar-refractivity contribution >= 4 is 0 Å². The van der Waals surface area contributed by atoms with E-state index in [4.69, 9.17) is 0 Å². The van der Waals surface area contributed by atoms with Crippen LogP contribution in [0.2, 0.25) is 0 Å². The van der Waals surface area contributed by atoms with Crippen LogP contribution in [-0.4, -0.2) is 33.5 Å². The molecule has 0 amide bonds. The first-order valence-corrected chi connectivity index (χ1v) is 6.88. The molecule has 0 saturated carbocycles. The van der Waals surface area contributed by atoms with Crippen LogP contribution >= 0.6 is 0 Å². The zero-order chi connectivity index (χ0) is 14.5. The van der Waals surface area contributed by atoms with Crippen LogP contribution in [0.3, 0.4) is 0 Å². The van der Waals surface area contributed by atoms with Gasteiger partial charge in [-0.3, -0.25) is 0 Å². The average Bonchev–Trinajstić information content (AvgIpc) is 2.44. The number of nitrogens with one attached hydrogen (secondary N) is 1. The SMILES string of the molecule is CNCC(C)Cc1c(C)nc(-c2ncccn2)nc1C. The average molecular weight is 271 g/mol. The monoisotopic (exact) mass is 271 g/mol. The molecule has 20 heavy (non-hydrogen) atoms. The number of aromatic nitrogens is 4. The highest BCUT2D eigenvalue weighted by Crippen LogP contribution is 2.18. The molecule has 2 heterocycles. The molecule has 5 heteroatoms. The Labute approximate surface area is 119 Å². The maximum atomic E-state index is 4.56. The first-order valence-electron chi connectivity index (χ1n) is 6.88. The normalized spacial score (nSPS) is 12.4. The maximum absolute atomic E-state index is 4.56. The first kappa shape index (κ1) is 14.5. The van der Waals surface area contributed by atoms with E-state index >= 15 is 0 Å². The first-order chi connectivity index (χ1) is 9.61. The zero-order valence-corrected chi connectivity index (χ0v) is 12.5. The van der Waals surface area contributed by atoms with Gasteiger partial charge in [-0.1, -0.05) is 6.92 Å². The number of rotatable bonds is 5. The summed E-state index contributed by atoms with van der Waals surface area (Å²) in [5.74, 6) is 1.74. The molecule has 0 aliphatic rings. The summed E-state index contributed by atoms with van der Waals surface area (Å²) >= 11 is 0. The van der Waals surface area contributed by atoms with Gasteiger partial charge in [0, 0.05) is 23.8 Å². The molecule has 106 valence electrons. The lowest BCUT2D eigenvalue weighted by Crippen LogP contribution is -2.19. The maximum Gasteiger partial charge on any atom is 0.198 e. The molecule has 1 atom stereocenters. The van der Waals surface area contributed by atoms with Crippen molar-refractivity contribution in [2.75, 3.05) is 13.6 Å². The van der Waals surface area contributed by atoms with Crippen molar-refractivity contribution in [1.82, 2.24) is 25.3 Å². The van der Waals surface area contributed by atoms with Crippen LogP contribution in [0, 0.1) is 19.8 Å². The summed E-state index contributed by atoms with van der Waals surface area (Å²) in [6.07, 6.45) is 4.40. The van der Waals surface area contributed by atoms with E-state index in [9.17, 15) is 0 Å². The van der Waals surface area contributed by atoms with Crippen molar-refractivity contribution in [3.8, 4) is 11.6 Å². The lowest BCUT2D eigenvalue weighted by Gasteiger charge is -2.15. The lowest BCUT2D eigenvalue weighted by atomic mass is 9.99. The van der Waals surface area contributed by atoms with E-state index in [0.717, 1.165) is 24.4 Å². The van der Waals surface area contributed by atoms with E-state index in [1.165, 1.54) is 5.56 Å². The van der Waals surface area contributed by atoms with Crippen LogP contribution in [-0.2, 0) is 6.42 Å². The van der Waals surface area contributed by atoms with Gasteiger partial charge in [0.2, 0.25) is 0 Å². The third-order valence-electron chi connectivity index (χ3n) is 3.29. The molecular formula is C15H21N5. The van der Waals surface area contributed by atoms with E-state index in [1.54, 1.807) is 18.5 Å². The molecule has 1 N–H and O–H groups in total. The van der Waals surface area contributed by atoms with Crippen LogP contribution in [0.4, 0.5) is 0 Å². The van der Waals surface area contributed by atoms with Crippen LogP contribution < -0.4 is 5.32 Å². The molecule has 0 aliphatic carbocycles. The second-order valence-corrected chi connectivity index (χ2v) is 5.14. The molecular weight excluding hydrogens is 250 g/mol. The molecule has 0 saturated heterocycles. The predicted octanol–water partition coefficient (Wildman–Crippen LogP) is 1.95. The molecule has 0 aromatic carbocycles. The summed E-state index contributed by atoms with van der Waals surface area (Å²) < 4.78 is 0. The van der Waals surface area contributed by atoms with Crippen molar-refractivity contribution < 1.29 is 0 Å². The molecule has 0 radical (unpaired) electrons. The van der Waals surface area contributed by atoms with Gasteiger partial charge in [-0.05, 0) is 51.4 Å². The number of hydrogen-bond donors (Lipinski definition) is 1. The fourth-order valence-electron chi connectivity index (χ4n) is 2.32. The van der Waals surface area contributed by atoms with Gasteiger partial charge in [-0.15, -0.1) is 0 Å². The summed E-state index contributed by atoms with van der Waals surface area (Å²) in [5.41, 5.74) is 3.26. The minimum absolute atomic E-state index is 0.555. The van der Waals surface area contributed by atoms with E-state index in [-0.39, 0.29) is 0 Å². The summed E-state index contributed by atoms with van der Waals surface area (Å²) in [6, 6.07) is 1.79. The highest BCUT2D eigenvalue weighted by molar-refractivity contribution is 5.44. The summed E-state index contributed by atoms with van der Waals surface area (Å²) in [6.45, 7) is 7.27. The third kappa shape index (κ3) is 3.36. The van der Waals surface area contributed by atoms with Crippen molar-refractivity contribution in [2.45, 2.75) is 27.2 Å². The highest BCUT2D eigenvalue weighted by atomic mass is 15.0. The van der Waals surface area contributed by atoms with Gasteiger partial charge in [-0.2, -0.15) is 0 Å². The van der Waals surface area contributed by atoms with Crippen LogP contribution in [0.5, 0.6) is 0 Å². The van der Waals surface area contributed by atoms with Crippen molar-refractivity contribution in [3.63, 3.8) is 0 Å². The zero-order valence-electron chi connectivity index (χ0n) is 12.5. The van der Waals surface area contributed by atoms with Gasteiger partial charge >= 0.3 is 0 Å². The third-order valence-corrected chi connectivity index (χ3v) is 3.29. The minimum atomic E-state index is 0.555. The van der Waals surface area contributed by atoms with E-state index in [2.05, 4.69) is 32.2 Å². The second-order valence-electron chi connectivity index (χ2n) is 5.14. The standard InChI is InChI=1S/C15H21N5/c1-10(9-16-4)8-13-11(2)19-15(20-12(13)3)14-17-6-5-7-18-14/h5-7,10,16H,8-9H2,1-4H3. The van der Waals surface area contributed by atoms with Gasteiger partial charge < -0.3 is 5.32 Å². The molecule has 5 nitrogen and oxygen atoms in total.